The molecular formula is C20H16F2N4O2S. The number of hydrogen-bond donors (Lipinski definition) is 2. The number of halogens is 2. The summed E-state index contributed by atoms with van der Waals surface area (Å²) in [6.45, 7) is 1.64. The molecule has 3 aromatic rings. The highest BCUT2D eigenvalue weighted by atomic mass is 32.2. The lowest BCUT2D eigenvalue weighted by molar-refractivity contribution is -0.113. The summed E-state index contributed by atoms with van der Waals surface area (Å²) in [4.78, 5) is 24.0. The number of aromatic nitrogens is 2. The number of thioether (sulfide) groups is 1. The van der Waals surface area contributed by atoms with Crippen LogP contribution in [0.5, 0.6) is 0 Å². The Bertz CT molecular complexity index is 1040. The second-order valence-electron chi connectivity index (χ2n) is 5.99. The molecule has 0 spiro atoms. The maximum Gasteiger partial charge on any atom is 0.259 e. The van der Waals surface area contributed by atoms with Crippen LogP contribution in [-0.4, -0.2) is 27.8 Å². The maximum absolute atomic E-state index is 13.6. The molecule has 0 saturated heterocycles. The Labute approximate surface area is 169 Å². The van der Waals surface area contributed by atoms with Gasteiger partial charge in [0.2, 0.25) is 5.91 Å². The summed E-state index contributed by atoms with van der Waals surface area (Å²) in [6.07, 6.45) is 0. The van der Waals surface area contributed by atoms with E-state index in [2.05, 4.69) is 20.8 Å². The van der Waals surface area contributed by atoms with Gasteiger partial charge in [-0.05, 0) is 48.9 Å². The second kappa shape index (κ2) is 9.24. The molecule has 0 aliphatic carbocycles. The fourth-order valence-corrected chi connectivity index (χ4v) is 2.91. The molecule has 1 aromatic heterocycles. The Kier molecular flexibility index (Phi) is 6.50. The lowest BCUT2D eigenvalue weighted by atomic mass is 10.2. The summed E-state index contributed by atoms with van der Waals surface area (Å²) in [5.41, 5.74) is 0.766. The van der Waals surface area contributed by atoms with E-state index in [1.165, 1.54) is 30.3 Å². The second-order valence-corrected chi connectivity index (χ2v) is 6.99. The zero-order chi connectivity index (χ0) is 20.8. The summed E-state index contributed by atoms with van der Waals surface area (Å²) in [6, 6.07) is 13.1. The van der Waals surface area contributed by atoms with Gasteiger partial charge in [-0.2, -0.15) is 0 Å². The monoisotopic (exact) mass is 414 g/mol. The average molecular weight is 414 g/mol. The first-order chi connectivity index (χ1) is 13.9. The Morgan fingerprint density at radius 1 is 0.966 bits per heavy atom. The van der Waals surface area contributed by atoms with Crippen molar-refractivity contribution in [1.82, 2.24) is 10.2 Å². The van der Waals surface area contributed by atoms with Gasteiger partial charge in [-0.3, -0.25) is 9.59 Å². The Morgan fingerprint density at radius 2 is 1.76 bits per heavy atom. The molecule has 2 N–H and O–H groups in total. The molecule has 0 unspecified atom stereocenters. The molecule has 2 aromatic carbocycles. The number of anilines is 2. The van der Waals surface area contributed by atoms with Crippen LogP contribution >= 0.6 is 11.8 Å². The van der Waals surface area contributed by atoms with Crippen molar-refractivity contribution < 1.29 is 18.4 Å². The molecule has 29 heavy (non-hydrogen) atoms. The number of aryl methyl sites for hydroxylation is 1. The summed E-state index contributed by atoms with van der Waals surface area (Å²) in [7, 11) is 0. The zero-order valence-electron chi connectivity index (χ0n) is 15.3. The third-order valence-corrected chi connectivity index (χ3v) is 4.73. The van der Waals surface area contributed by atoms with E-state index >= 15 is 0 Å². The van der Waals surface area contributed by atoms with Gasteiger partial charge in [-0.25, -0.2) is 8.78 Å². The maximum atomic E-state index is 13.6. The van der Waals surface area contributed by atoms with Gasteiger partial charge in [-0.1, -0.05) is 30.0 Å². The van der Waals surface area contributed by atoms with E-state index in [-0.39, 0.29) is 23.0 Å². The van der Waals surface area contributed by atoms with E-state index in [0.29, 0.717) is 16.3 Å². The van der Waals surface area contributed by atoms with Crippen molar-refractivity contribution in [3.8, 4) is 0 Å². The third-order valence-electron chi connectivity index (χ3n) is 3.81. The number of amides is 2. The highest BCUT2D eigenvalue weighted by Crippen LogP contribution is 2.18. The van der Waals surface area contributed by atoms with Crippen LogP contribution in [0.2, 0.25) is 0 Å². The first-order valence-corrected chi connectivity index (χ1v) is 9.49. The largest absolute Gasteiger partial charge is 0.325 e. The topological polar surface area (TPSA) is 84.0 Å². The van der Waals surface area contributed by atoms with Crippen molar-refractivity contribution in [2.75, 3.05) is 16.4 Å². The van der Waals surface area contributed by atoms with Crippen molar-refractivity contribution >= 4 is 35.1 Å². The minimum atomic E-state index is -0.637. The van der Waals surface area contributed by atoms with Crippen molar-refractivity contribution in [2.45, 2.75) is 11.9 Å². The highest BCUT2D eigenvalue weighted by Gasteiger charge is 2.12. The van der Waals surface area contributed by atoms with Crippen molar-refractivity contribution in [3.63, 3.8) is 0 Å². The molecule has 0 atom stereocenters. The molecule has 0 bridgehead atoms. The number of carbonyl (C=O) groups is 2. The number of benzene rings is 2. The van der Waals surface area contributed by atoms with Crippen LogP contribution in [0, 0.1) is 18.6 Å². The van der Waals surface area contributed by atoms with Gasteiger partial charge >= 0.3 is 0 Å². The first-order valence-electron chi connectivity index (χ1n) is 8.51. The zero-order valence-corrected chi connectivity index (χ0v) is 16.1. The van der Waals surface area contributed by atoms with Gasteiger partial charge < -0.3 is 10.6 Å². The molecule has 1 heterocycles. The lowest BCUT2D eigenvalue weighted by Gasteiger charge is -2.07. The molecule has 3 rings (SSSR count). The minimum absolute atomic E-state index is 0.0467. The molecular weight excluding hydrogens is 398 g/mol. The standard InChI is InChI=1S/C20H16F2N4O2S/c1-12-6-7-13(10-16(12)22)23-18(27)11-29-19-9-8-17(25-26-19)24-20(28)14-4-2-3-5-15(14)21/h2-10H,11H2,1H3,(H,23,27)(H,24,25,28). The molecule has 0 aliphatic heterocycles. The number of hydrogen-bond acceptors (Lipinski definition) is 5. The van der Waals surface area contributed by atoms with Gasteiger partial charge in [0.25, 0.3) is 5.91 Å². The van der Waals surface area contributed by atoms with E-state index in [4.69, 9.17) is 0 Å². The Morgan fingerprint density at radius 3 is 2.45 bits per heavy atom. The van der Waals surface area contributed by atoms with E-state index in [0.717, 1.165) is 11.8 Å². The molecule has 6 nitrogen and oxygen atoms in total. The third kappa shape index (κ3) is 5.58. The first kappa shape index (κ1) is 20.4. The molecule has 0 fully saturated rings. The summed E-state index contributed by atoms with van der Waals surface area (Å²) in [5, 5.41) is 13.3. The van der Waals surface area contributed by atoms with Crippen molar-refractivity contribution in [1.29, 1.82) is 0 Å². The fourth-order valence-electron chi connectivity index (χ4n) is 2.30. The number of rotatable bonds is 6. The molecule has 0 radical (unpaired) electrons. The van der Waals surface area contributed by atoms with Crippen molar-refractivity contribution in [2.24, 2.45) is 0 Å². The van der Waals surface area contributed by atoms with Crippen LogP contribution in [0.4, 0.5) is 20.3 Å². The van der Waals surface area contributed by atoms with Gasteiger partial charge in [0.1, 0.15) is 16.7 Å². The fraction of sp³-hybridized carbons (Fsp3) is 0.100. The minimum Gasteiger partial charge on any atom is -0.325 e. The van der Waals surface area contributed by atoms with E-state index in [1.807, 2.05) is 0 Å². The summed E-state index contributed by atoms with van der Waals surface area (Å²) < 4.78 is 27.1. The molecule has 9 heteroatoms. The molecule has 0 saturated carbocycles. The van der Waals surface area contributed by atoms with Gasteiger partial charge in [0.05, 0.1) is 11.3 Å². The predicted octanol–water partition coefficient (Wildman–Crippen LogP) is 4.05. The van der Waals surface area contributed by atoms with Gasteiger partial charge in [-0.15, -0.1) is 10.2 Å². The smallest absolute Gasteiger partial charge is 0.259 e. The van der Waals surface area contributed by atoms with Crippen LogP contribution in [0.1, 0.15) is 15.9 Å². The number of nitrogens with zero attached hydrogens (tertiary/aromatic N) is 2. The average Bonchev–Trinajstić information content (AvgIpc) is 2.70. The van der Waals surface area contributed by atoms with Gasteiger partial charge in [0, 0.05) is 5.69 Å². The normalized spacial score (nSPS) is 10.4. The SMILES string of the molecule is Cc1ccc(NC(=O)CSc2ccc(NC(=O)c3ccccc3F)nn2)cc1F. The molecule has 148 valence electrons. The quantitative estimate of drug-likeness (QED) is 0.595. The molecule has 2 amide bonds. The van der Waals surface area contributed by atoms with Crippen LogP contribution in [-0.2, 0) is 4.79 Å². The van der Waals surface area contributed by atoms with E-state index in [9.17, 15) is 18.4 Å². The number of nitrogens with one attached hydrogen (secondary N) is 2. The van der Waals surface area contributed by atoms with Crippen molar-refractivity contribution in [3.05, 3.63) is 77.4 Å². The Balaban J connectivity index is 1.52. The highest BCUT2D eigenvalue weighted by molar-refractivity contribution is 7.99. The Hall–Kier alpha value is -3.33. The lowest BCUT2D eigenvalue weighted by Crippen LogP contribution is -2.15. The van der Waals surface area contributed by atoms with E-state index in [1.54, 1.807) is 31.2 Å². The van der Waals surface area contributed by atoms with Crippen LogP contribution in [0.25, 0.3) is 0 Å². The number of carbonyl (C=O) groups excluding carboxylic acids is 2. The van der Waals surface area contributed by atoms with Crippen LogP contribution < -0.4 is 10.6 Å². The van der Waals surface area contributed by atoms with Crippen LogP contribution in [0.3, 0.4) is 0 Å². The van der Waals surface area contributed by atoms with E-state index < -0.39 is 17.5 Å². The summed E-state index contributed by atoms with van der Waals surface area (Å²) >= 11 is 1.13. The van der Waals surface area contributed by atoms with Gasteiger partial charge in [0.15, 0.2) is 5.82 Å². The summed E-state index contributed by atoms with van der Waals surface area (Å²) in [5.74, 6) is -1.79. The molecule has 0 aliphatic rings. The van der Waals surface area contributed by atoms with Crippen LogP contribution in [0.15, 0.2) is 59.6 Å². The predicted molar refractivity (Wildman–Crippen MR) is 107 cm³/mol.